The van der Waals surface area contributed by atoms with Gasteiger partial charge in [-0.25, -0.2) is 4.79 Å². The molecule has 4 nitrogen and oxygen atoms in total. The van der Waals surface area contributed by atoms with Gasteiger partial charge in [0.2, 0.25) is 0 Å². The van der Waals surface area contributed by atoms with E-state index in [1.165, 1.54) is 0 Å². The molecule has 2 aromatic carbocycles. The summed E-state index contributed by atoms with van der Waals surface area (Å²) in [5.74, 6) is -0.530. The number of nitrogens with zero attached hydrogens (tertiary/aromatic N) is 1. The summed E-state index contributed by atoms with van der Waals surface area (Å²) in [4.78, 5) is 25.9. The van der Waals surface area contributed by atoms with Crippen LogP contribution in [-0.2, 0) is 11.8 Å². The third-order valence-electron chi connectivity index (χ3n) is 4.48. The van der Waals surface area contributed by atoms with Crippen LogP contribution in [0.4, 0.5) is 0 Å². The molecule has 0 atom stereocenters. The minimum absolute atomic E-state index is 0.104. The van der Waals surface area contributed by atoms with Gasteiger partial charge in [-0.15, -0.1) is 0 Å². The maximum Gasteiger partial charge on any atom is 0.355 e. The molecular weight excluding hydrogens is 326 g/mol. The zero-order valence-electron chi connectivity index (χ0n) is 15.2. The Bertz CT molecular complexity index is 941. The van der Waals surface area contributed by atoms with Crippen LogP contribution < -0.4 is 0 Å². The molecule has 0 amide bonds. The van der Waals surface area contributed by atoms with Crippen LogP contribution in [0.1, 0.15) is 39.0 Å². The predicted octanol–water partition coefficient (Wildman–Crippen LogP) is 4.41. The minimum atomic E-state index is -0.427. The zero-order chi connectivity index (χ0) is 18.7. The fourth-order valence-electron chi connectivity index (χ4n) is 3.14. The first-order chi connectivity index (χ1) is 12.6. The summed E-state index contributed by atoms with van der Waals surface area (Å²) in [6.45, 7) is 3.90. The lowest BCUT2D eigenvalue weighted by molar-refractivity contribution is 0.0516. The summed E-state index contributed by atoms with van der Waals surface area (Å²) in [5, 5.41) is 0. The van der Waals surface area contributed by atoms with Gasteiger partial charge >= 0.3 is 5.97 Å². The molecule has 132 valence electrons. The third kappa shape index (κ3) is 3.06. The monoisotopic (exact) mass is 347 g/mol. The molecule has 3 aromatic rings. The van der Waals surface area contributed by atoms with Crippen molar-refractivity contribution >= 4 is 11.8 Å². The van der Waals surface area contributed by atoms with Gasteiger partial charge in [-0.3, -0.25) is 4.79 Å². The lowest BCUT2D eigenvalue weighted by atomic mass is 9.94. The van der Waals surface area contributed by atoms with Crippen molar-refractivity contribution in [1.82, 2.24) is 4.57 Å². The van der Waals surface area contributed by atoms with Gasteiger partial charge < -0.3 is 9.30 Å². The Morgan fingerprint density at radius 3 is 2.12 bits per heavy atom. The van der Waals surface area contributed by atoms with Crippen LogP contribution in [0, 0.1) is 6.92 Å². The van der Waals surface area contributed by atoms with Gasteiger partial charge in [0.05, 0.1) is 12.2 Å². The zero-order valence-corrected chi connectivity index (χ0v) is 15.2. The average molecular weight is 347 g/mol. The molecule has 4 heteroatoms. The molecule has 1 heterocycles. The van der Waals surface area contributed by atoms with Crippen LogP contribution in [0.25, 0.3) is 11.1 Å². The van der Waals surface area contributed by atoms with E-state index in [1.807, 2.05) is 55.5 Å². The first kappa shape index (κ1) is 17.7. The van der Waals surface area contributed by atoms with Crippen LogP contribution in [0.3, 0.4) is 0 Å². The molecule has 0 bridgehead atoms. The number of esters is 1. The first-order valence-electron chi connectivity index (χ1n) is 8.57. The van der Waals surface area contributed by atoms with Crippen molar-refractivity contribution in [2.45, 2.75) is 13.8 Å². The third-order valence-corrected chi connectivity index (χ3v) is 4.48. The van der Waals surface area contributed by atoms with Crippen molar-refractivity contribution in [3.05, 3.63) is 83.2 Å². The van der Waals surface area contributed by atoms with E-state index in [0.29, 0.717) is 22.4 Å². The molecule has 3 rings (SSSR count). The SMILES string of the molecule is CCOC(=O)c1c(-c2ccccc2)c(C(=O)c2ccccc2)c(C)n1C. The average Bonchev–Trinajstić information content (AvgIpc) is 2.94. The van der Waals surface area contributed by atoms with Crippen molar-refractivity contribution in [3.8, 4) is 11.1 Å². The summed E-state index contributed by atoms with van der Waals surface area (Å²) in [6, 6.07) is 18.6. The number of aromatic nitrogens is 1. The second kappa shape index (κ2) is 7.40. The molecule has 0 radical (unpaired) electrons. The molecule has 0 aliphatic heterocycles. The topological polar surface area (TPSA) is 48.3 Å². The molecule has 0 unspecified atom stereocenters. The molecule has 0 saturated carbocycles. The number of hydrogen-bond acceptors (Lipinski definition) is 3. The summed E-state index contributed by atoms with van der Waals surface area (Å²) in [7, 11) is 1.79. The maximum atomic E-state index is 13.2. The Morgan fingerprint density at radius 1 is 0.962 bits per heavy atom. The predicted molar refractivity (Wildman–Crippen MR) is 101 cm³/mol. The van der Waals surface area contributed by atoms with E-state index in [2.05, 4.69) is 0 Å². The number of rotatable bonds is 5. The Hall–Kier alpha value is -3.14. The molecular formula is C22H21NO3. The fourth-order valence-corrected chi connectivity index (χ4v) is 3.14. The van der Waals surface area contributed by atoms with Gasteiger partial charge in [0.25, 0.3) is 0 Å². The number of carbonyl (C=O) groups is 2. The molecule has 0 N–H and O–H groups in total. The number of ether oxygens (including phenoxy) is 1. The highest BCUT2D eigenvalue weighted by Crippen LogP contribution is 2.34. The van der Waals surface area contributed by atoms with Crippen LogP contribution in [-0.4, -0.2) is 22.9 Å². The van der Waals surface area contributed by atoms with Gasteiger partial charge in [-0.05, 0) is 19.4 Å². The molecule has 0 aliphatic carbocycles. The number of benzene rings is 2. The van der Waals surface area contributed by atoms with Crippen molar-refractivity contribution in [2.24, 2.45) is 7.05 Å². The lowest BCUT2D eigenvalue weighted by Crippen LogP contribution is -2.11. The largest absolute Gasteiger partial charge is 0.461 e. The van der Waals surface area contributed by atoms with Crippen molar-refractivity contribution in [2.75, 3.05) is 6.61 Å². The highest BCUT2D eigenvalue weighted by molar-refractivity contribution is 6.16. The van der Waals surface area contributed by atoms with E-state index in [9.17, 15) is 9.59 Å². The minimum Gasteiger partial charge on any atom is -0.461 e. The Kier molecular flexibility index (Phi) is 5.03. The van der Waals surface area contributed by atoms with Crippen molar-refractivity contribution in [3.63, 3.8) is 0 Å². The number of hydrogen-bond donors (Lipinski definition) is 0. The van der Waals surface area contributed by atoms with Gasteiger partial charge in [-0.1, -0.05) is 60.7 Å². The standard InChI is InChI=1S/C22H21NO3/c1-4-26-22(25)20-19(16-11-7-5-8-12-16)18(15(2)23(20)3)21(24)17-13-9-6-10-14-17/h5-14H,4H2,1-3H3. The summed E-state index contributed by atoms with van der Waals surface area (Å²) >= 11 is 0. The normalized spacial score (nSPS) is 10.6. The fraction of sp³-hybridized carbons (Fsp3) is 0.182. The van der Waals surface area contributed by atoms with Crippen LogP contribution in [0.5, 0.6) is 0 Å². The Labute approximate surface area is 153 Å². The van der Waals surface area contributed by atoms with E-state index < -0.39 is 5.97 Å². The van der Waals surface area contributed by atoms with E-state index >= 15 is 0 Å². The molecule has 0 fully saturated rings. The van der Waals surface area contributed by atoms with Crippen LogP contribution in [0.15, 0.2) is 60.7 Å². The molecule has 0 aliphatic rings. The summed E-state index contributed by atoms with van der Waals surface area (Å²) in [6.07, 6.45) is 0. The van der Waals surface area contributed by atoms with E-state index in [0.717, 1.165) is 11.3 Å². The maximum absolute atomic E-state index is 13.2. The van der Waals surface area contributed by atoms with Crippen LogP contribution >= 0.6 is 0 Å². The van der Waals surface area contributed by atoms with Gasteiger partial charge in [0.1, 0.15) is 5.69 Å². The smallest absolute Gasteiger partial charge is 0.355 e. The molecule has 1 aromatic heterocycles. The van der Waals surface area contributed by atoms with Crippen LogP contribution in [0.2, 0.25) is 0 Å². The van der Waals surface area contributed by atoms with Crippen molar-refractivity contribution < 1.29 is 14.3 Å². The molecule has 0 spiro atoms. The van der Waals surface area contributed by atoms with Gasteiger partial charge in [0, 0.05) is 23.9 Å². The van der Waals surface area contributed by atoms with Gasteiger partial charge in [-0.2, -0.15) is 0 Å². The Morgan fingerprint density at radius 2 is 1.54 bits per heavy atom. The van der Waals surface area contributed by atoms with Crippen molar-refractivity contribution in [1.29, 1.82) is 0 Å². The quantitative estimate of drug-likeness (QED) is 0.507. The molecule has 0 saturated heterocycles. The molecule has 26 heavy (non-hydrogen) atoms. The second-order valence-corrected chi connectivity index (χ2v) is 6.02. The summed E-state index contributed by atoms with van der Waals surface area (Å²) in [5.41, 5.74) is 3.70. The Balaban J connectivity index is 2.29. The van der Waals surface area contributed by atoms with E-state index in [1.54, 1.807) is 30.7 Å². The first-order valence-corrected chi connectivity index (χ1v) is 8.57. The van der Waals surface area contributed by atoms with E-state index in [4.69, 9.17) is 4.74 Å². The van der Waals surface area contributed by atoms with Gasteiger partial charge in [0.15, 0.2) is 5.78 Å². The summed E-state index contributed by atoms with van der Waals surface area (Å²) < 4.78 is 7.00. The number of carbonyl (C=O) groups excluding carboxylic acids is 2. The number of ketones is 1. The highest BCUT2D eigenvalue weighted by atomic mass is 16.5. The second-order valence-electron chi connectivity index (χ2n) is 6.02. The van der Waals surface area contributed by atoms with E-state index in [-0.39, 0.29) is 12.4 Å². The lowest BCUT2D eigenvalue weighted by Gasteiger charge is -2.08. The highest BCUT2D eigenvalue weighted by Gasteiger charge is 2.29.